The average molecular weight is 267 g/mol. The van der Waals surface area contributed by atoms with Crippen molar-refractivity contribution in [2.24, 2.45) is 4.99 Å². The maximum absolute atomic E-state index is 5.82. The summed E-state index contributed by atoms with van der Waals surface area (Å²) in [5.41, 5.74) is 3.60. The molecule has 0 aliphatic carbocycles. The van der Waals surface area contributed by atoms with Crippen LogP contribution in [0.4, 0.5) is 0 Å². The summed E-state index contributed by atoms with van der Waals surface area (Å²) in [4.78, 5) is 4.59. The summed E-state index contributed by atoms with van der Waals surface area (Å²) in [5.74, 6) is 1.66. The quantitative estimate of drug-likeness (QED) is 0.852. The largest absolute Gasteiger partial charge is 0.497 e. The molecule has 0 bridgehead atoms. The third kappa shape index (κ3) is 2.67. The Labute approximate surface area is 118 Å². The van der Waals surface area contributed by atoms with Gasteiger partial charge >= 0.3 is 0 Å². The first-order valence-corrected chi connectivity index (χ1v) is 6.75. The predicted octanol–water partition coefficient (Wildman–Crippen LogP) is 3.12. The van der Waals surface area contributed by atoms with Gasteiger partial charge in [0.2, 0.25) is 0 Å². The van der Waals surface area contributed by atoms with E-state index < -0.39 is 0 Å². The van der Waals surface area contributed by atoms with Gasteiger partial charge in [-0.2, -0.15) is 0 Å². The van der Waals surface area contributed by atoms with Crippen molar-refractivity contribution in [2.45, 2.75) is 6.42 Å². The molecule has 0 saturated heterocycles. The molecule has 0 N–H and O–H groups in total. The van der Waals surface area contributed by atoms with Crippen LogP contribution in [0.2, 0.25) is 0 Å². The van der Waals surface area contributed by atoms with Crippen LogP contribution in [0, 0.1) is 0 Å². The van der Waals surface area contributed by atoms with Gasteiger partial charge in [0.25, 0.3) is 0 Å². The molecule has 20 heavy (non-hydrogen) atoms. The van der Waals surface area contributed by atoms with Gasteiger partial charge in [-0.25, -0.2) is 0 Å². The lowest BCUT2D eigenvalue weighted by molar-refractivity contribution is 0.373. The normalized spacial score (nSPS) is 13.3. The minimum atomic E-state index is 0.503. The smallest absolute Gasteiger partial charge is 0.130 e. The molecule has 2 aromatic rings. The summed E-state index contributed by atoms with van der Waals surface area (Å²) in [7, 11) is 1.66. The van der Waals surface area contributed by atoms with Gasteiger partial charge in [0.05, 0.1) is 12.8 Å². The van der Waals surface area contributed by atoms with Gasteiger partial charge in [-0.15, -0.1) is 0 Å². The van der Waals surface area contributed by atoms with E-state index in [2.05, 4.69) is 23.2 Å². The molecule has 102 valence electrons. The second-order valence-corrected chi connectivity index (χ2v) is 4.70. The van der Waals surface area contributed by atoms with Crippen LogP contribution in [-0.4, -0.2) is 26.0 Å². The highest BCUT2D eigenvalue weighted by atomic mass is 16.5. The van der Waals surface area contributed by atoms with Crippen LogP contribution in [0.3, 0.4) is 0 Å². The van der Waals surface area contributed by atoms with E-state index in [4.69, 9.17) is 9.47 Å². The van der Waals surface area contributed by atoms with E-state index in [-0.39, 0.29) is 0 Å². The number of hydrogen-bond acceptors (Lipinski definition) is 3. The van der Waals surface area contributed by atoms with Crippen LogP contribution >= 0.6 is 0 Å². The molecule has 3 rings (SSSR count). The molecule has 0 spiro atoms. The Balaban J connectivity index is 1.70. The highest BCUT2D eigenvalue weighted by molar-refractivity contribution is 6.03. The number of rotatable bonds is 4. The number of methoxy groups -OCH3 is 1. The van der Waals surface area contributed by atoms with E-state index >= 15 is 0 Å². The van der Waals surface area contributed by atoms with Gasteiger partial charge in [0, 0.05) is 12.1 Å². The lowest BCUT2D eigenvalue weighted by Crippen LogP contribution is -2.19. The monoisotopic (exact) mass is 267 g/mol. The summed E-state index contributed by atoms with van der Waals surface area (Å²) in [5, 5.41) is 0. The van der Waals surface area contributed by atoms with Crippen LogP contribution in [0.25, 0.3) is 0 Å². The predicted molar refractivity (Wildman–Crippen MR) is 80.0 cm³/mol. The molecule has 1 heterocycles. The minimum absolute atomic E-state index is 0.503. The third-order valence-corrected chi connectivity index (χ3v) is 3.45. The molecule has 0 aromatic heterocycles. The molecule has 1 aliphatic heterocycles. The topological polar surface area (TPSA) is 30.8 Å². The van der Waals surface area contributed by atoms with Gasteiger partial charge in [0.1, 0.15) is 18.1 Å². The van der Waals surface area contributed by atoms with Crippen LogP contribution in [0.5, 0.6) is 11.5 Å². The van der Waals surface area contributed by atoms with Gasteiger partial charge in [-0.05, 0) is 36.2 Å². The van der Waals surface area contributed by atoms with Crippen LogP contribution in [-0.2, 0) is 6.42 Å². The molecule has 2 aromatic carbocycles. The zero-order chi connectivity index (χ0) is 13.8. The minimum Gasteiger partial charge on any atom is -0.497 e. The first-order chi connectivity index (χ1) is 9.86. The molecule has 3 heteroatoms. The number of benzene rings is 2. The molecule has 0 amide bonds. The highest BCUT2D eigenvalue weighted by Gasteiger charge is 2.13. The number of hydrogen-bond donors (Lipinski definition) is 0. The van der Waals surface area contributed by atoms with Crippen molar-refractivity contribution in [3.05, 3.63) is 59.7 Å². The summed E-state index contributed by atoms with van der Waals surface area (Å²) in [6.07, 6.45) is 1.02. The Morgan fingerprint density at radius 2 is 1.75 bits per heavy atom. The van der Waals surface area contributed by atoms with E-state index in [0.717, 1.165) is 30.2 Å². The Morgan fingerprint density at radius 3 is 2.55 bits per heavy atom. The average Bonchev–Trinajstić information content (AvgIpc) is 2.53. The Bertz CT molecular complexity index is 617. The van der Waals surface area contributed by atoms with Crippen LogP contribution < -0.4 is 9.47 Å². The fourth-order valence-electron chi connectivity index (χ4n) is 2.36. The number of aliphatic imine (C=N–C) groups is 1. The molecule has 3 nitrogen and oxygen atoms in total. The summed E-state index contributed by atoms with van der Waals surface area (Å²) >= 11 is 0. The van der Waals surface area contributed by atoms with Crippen molar-refractivity contribution in [1.29, 1.82) is 0 Å². The first kappa shape index (κ1) is 12.7. The van der Waals surface area contributed by atoms with Gasteiger partial charge < -0.3 is 9.47 Å². The Morgan fingerprint density at radius 1 is 1.00 bits per heavy atom. The van der Waals surface area contributed by atoms with Crippen molar-refractivity contribution < 1.29 is 9.47 Å². The standard InChI is InChI=1S/C17H17NO2/c1-19-14-6-8-15(9-7-14)20-12-17-16-5-3-2-4-13(16)10-11-18-17/h2-9H,10-12H2,1H3. The zero-order valence-electron chi connectivity index (χ0n) is 11.5. The van der Waals surface area contributed by atoms with E-state index in [1.807, 2.05) is 30.3 Å². The molecular weight excluding hydrogens is 250 g/mol. The van der Waals surface area contributed by atoms with E-state index in [1.54, 1.807) is 7.11 Å². The fraction of sp³-hybridized carbons (Fsp3) is 0.235. The highest BCUT2D eigenvalue weighted by Crippen LogP contribution is 2.19. The Kier molecular flexibility index (Phi) is 3.68. The van der Waals surface area contributed by atoms with E-state index in [1.165, 1.54) is 11.1 Å². The van der Waals surface area contributed by atoms with Gasteiger partial charge in [-0.3, -0.25) is 4.99 Å². The molecule has 0 atom stereocenters. The van der Waals surface area contributed by atoms with Crippen molar-refractivity contribution in [3.63, 3.8) is 0 Å². The van der Waals surface area contributed by atoms with Gasteiger partial charge in [-0.1, -0.05) is 24.3 Å². The summed E-state index contributed by atoms with van der Waals surface area (Å²) in [6, 6.07) is 16.0. The van der Waals surface area contributed by atoms with Crippen LogP contribution in [0.1, 0.15) is 11.1 Å². The zero-order valence-corrected chi connectivity index (χ0v) is 11.5. The molecule has 0 unspecified atom stereocenters. The number of fused-ring (bicyclic) bond motifs is 1. The van der Waals surface area contributed by atoms with Crippen molar-refractivity contribution in [1.82, 2.24) is 0 Å². The lowest BCUT2D eigenvalue weighted by atomic mass is 9.98. The number of nitrogens with zero attached hydrogens (tertiary/aromatic N) is 1. The molecule has 0 saturated carbocycles. The van der Waals surface area contributed by atoms with Crippen LogP contribution in [0.15, 0.2) is 53.5 Å². The third-order valence-electron chi connectivity index (χ3n) is 3.45. The van der Waals surface area contributed by atoms with E-state index in [0.29, 0.717) is 6.61 Å². The van der Waals surface area contributed by atoms with Crippen molar-refractivity contribution in [2.75, 3.05) is 20.3 Å². The summed E-state index contributed by atoms with van der Waals surface area (Å²) < 4.78 is 10.9. The van der Waals surface area contributed by atoms with Crippen molar-refractivity contribution >= 4 is 5.71 Å². The second-order valence-electron chi connectivity index (χ2n) is 4.70. The maximum atomic E-state index is 5.82. The van der Waals surface area contributed by atoms with Crippen molar-refractivity contribution in [3.8, 4) is 11.5 Å². The van der Waals surface area contributed by atoms with Gasteiger partial charge in [0.15, 0.2) is 0 Å². The Hall–Kier alpha value is -2.29. The second kappa shape index (κ2) is 5.78. The SMILES string of the molecule is COc1ccc(OCC2=NCCc3ccccc32)cc1. The number of ether oxygens (including phenoxy) is 2. The molecule has 0 fully saturated rings. The lowest BCUT2D eigenvalue weighted by Gasteiger charge is -2.17. The van der Waals surface area contributed by atoms with E-state index in [9.17, 15) is 0 Å². The fourth-order valence-corrected chi connectivity index (χ4v) is 2.36. The molecule has 1 aliphatic rings. The summed E-state index contributed by atoms with van der Waals surface area (Å²) in [6.45, 7) is 1.35. The maximum Gasteiger partial charge on any atom is 0.130 e. The molecule has 0 radical (unpaired) electrons. The first-order valence-electron chi connectivity index (χ1n) is 6.75. The molecular formula is C17H17NO2.